The summed E-state index contributed by atoms with van der Waals surface area (Å²) in [5.74, 6) is -0.349. The zero-order chi connectivity index (χ0) is 21.6. The van der Waals surface area contributed by atoms with Gasteiger partial charge in [-0.3, -0.25) is 14.5 Å². The lowest BCUT2D eigenvalue weighted by Crippen LogP contribution is -2.52. The van der Waals surface area contributed by atoms with Gasteiger partial charge in [0.25, 0.3) is 5.91 Å². The summed E-state index contributed by atoms with van der Waals surface area (Å²) in [4.78, 5) is 29.8. The molecule has 2 amide bonds. The first-order valence-electron chi connectivity index (χ1n) is 9.93. The summed E-state index contributed by atoms with van der Waals surface area (Å²) in [7, 11) is -3.01. The molecule has 1 saturated heterocycles. The molecule has 1 N–H and O–H groups in total. The molecule has 1 unspecified atom stereocenters. The van der Waals surface area contributed by atoms with E-state index in [4.69, 9.17) is 0 Å². The molecule has 1 heterocycles. The van der Waals surface area contributed by atoms with Crippen LogP contribution in [0.3, 0.4) is 0 Å². The van der Waals surface area contributed by atoms with E-state index in [1.54, 1.807) is 29.2 Å². The van der Waals surface area contributed by atoms with E-state index < -0.39 is 15.9 Å². The highest BCUT2D eigenvalue weighted by Gasteiger charge is 2.30. The molecule has 7 nitrogen and oxygen atoms in total. The molecule has 2 aromatic carbocycles. The number of nitrogens with one attached hydrogen (secondary N) is 1. The minimum atomic E-state index is -3.01. The van der Waals surface area contributed by atoms with Gasteiger partial charge in [0.05, 0.1) is 5.75 Å². The summed E-state index contributed by atoms with van der Waals surface area (Å²) in [6.45, 7) is 2.67. The monoisotopic (exact) mass is 429 g/mol. The van der Waals surface area contributed by atoms with Crippen LogP contribution in [0.2, 0.25) is 0 Å². The van der Waals surface area contributed by atoms with E-state index >= 15 is 0 Å². The van der Waals surface area contributed by atoms with Crippen molar-refractivity contribution in [2.75, 3.05) is 44.7 Å². The maximum atomic E-state index is 13.3. The van der Waals surface area contributed by atoms with Gasteiger partial charge in [-0.2, -0.15) is 0 Å². The normalized spacial score (nSPS) is 16.1. The zero-order valence-corrected chi connectivity index (χ0v) is 17.8. The number of carbonyl (C=O) groups is 2. The Bertz CT molecular complexity index is 956. The third kappa shape index (κ3) is 6.14. The van der Waals surface area contributed by atoms with Crippen molar-refractivity contribution in [2.45, 2.75) is 6.04 Å². The highest BCUT2D eigenvalue weighted by molar-refractivity contribution is 7.90. The summed E-state index contributed by atoms with van der Waals surface area (Å²) >= 11 is 0. The number of sulfone groups is 1. The van der Waals surface area contributed by atoms with Gasteiger partial charge >= 0.3 is 0 Å². The third-order valence-corrected chi connectivity index (χ3v) is 6.08. The Morgan fingerprint density at radius 2 is 1.50 bits per heavy atom. The first kappa shape index (κ1) is 22.0. The number of benzene rings is 2. The second kappa shape index (κ2) is 9.86. The van der Waals surface area contributed by atoms with Crippen molar-refractivity contribution >= 4 is 21.7 Å². The largest absolute Gasteiger partial charge is 0.338 e. The molecule has 1 aliphatic rings. The highest BCUT2D eigenvalue weighted by atomic mass is 32.2. The molecule has 1 atom stereocenters. The average Bonchev–Trinajstić information content (AvgIpc) is 2.76. The van der Waals surface area contributed by atoms with Crippen LogP contribution in [-0.2, 0) is 14.6 Å². The highest BCUT2D eigenvalue weighted by Crippen LogP contribution is 2.18. The molecule has 0 bridgehead atoms. The van der Waals surface area contributed by atoms with Gasteiger partial charge in [-0.25, -0.2) is 8.42 Å². The van der Waals surface area contributed by atoms with Gasteiger partial charge in [0.2, 0.25) is 5.91 Å². The van der Waals surface area contributed by atoms with Gasteiger partial charge < -0.3 is 10.2 Å². The van der Waals surface area contributed by atoms with Crippen LogP contribution < -0.4 is 5.32 Å². The number of hydrogen-bond acceptors (Lipinski definition) is 5. The van der Waals surface area contributed by atoms with Crippen LogP contribution in [0.1, 0.15) is 22.0 Å². The number of carbonyl (C=O) groups excluding carboxylic acids is 2. The van der Waals surface area contributed by atoms with Crippen LogP contribution >= 0.6 is 0 Å². The van der Waals surface area contributed by atoms with Crippen LogP contribution in [0.25, 0.3) is 0 Å². The first-order chi connectivity index (χ1) is 14.3. The standard InChI is InChI=1S/C22H27N3O4S/c1-30(28,29)17-16-24-12-14-25(15-13-24)22(27)20(18-8-4-2-5-9-18)23-21(26)19-10-6-3-7-11-19/h2-11,20H,12-17H2,1H3,(H,23,26). The number of amides is 2. The lowest BCUT2D eigenvalue weighted by atomic mass is 10.0. The minimum Gasteiger partial charge on any atom is -0.338 e. The van der Waals surface area contributed by atoms with E-state index in [9.17, 15) is 18.0 Å². The second-order valence-electron chi connectivity index (χ2n) is 7.48. The van der Waals surface area contributed by atoms with Crippen LogP contribution in [0, 0.1) is 0 Å². The number of rotatable bonds is 7. The molecule has 1 aliphatic heterocycles. The van der Waals surface area contributed by atoms with Crippen molar-refractivity contribution in [1.29, 1.82) is 0 Å². The smallest absolute Gasteiger partial charge is 0.252 e. The molecule has 0 aliphatic carbocycles. The molecule has 0 spiro atoms. The van der Waals surface area contributed by atoms with Crippen LogP contribution in [0.4, 0.5) is 0 Å². The Hall–Kier alpha value is -2.71. The van der Waals surface area contributed by atoms with E-state index in [2.05, 4.69) is 5.32 Å². The van der Waals surface area contributed by atoms with Crippen LogP contribution in [0.5, 0.6) is 0 Å². The molecular formula is C22H27N3O4S. The van der Waals surface area contributed by atoms with Gasteiger partial charge in [-0.1, -0.05) is 48.5 Å². The molecule has 0 aromatic heterocycles. The lowest BCUT2D eigenvalue weighted by molar-refractivity contribution is -0.135. The fourth-order valence-electron chi connectivity index (χ4n) is 3.41. The SMILES string of the molecule is CS(=O)(=O)CCN1CCN(C(=O)C(NC(=O)c2ccccc2)c2ccccc2)CC1. The summed E-state index contributed by atoms with van der Waals surface area (Å²) in [5, 5.41) is 2.88. The summed E-state index contributed by atoms with van der Waals surface area (Å²) in [6, 6.07) is 17.2. The van der Waals surface area contributed by atoms with Crippen LogP contribution in [0.15, 0.2) is 60.7 Å². The molecule has 30 heavy (non-hydrogen) atoms. The molecule has 0 radical (unpaired) electrons. The fourth-order valence-corrected chi connectivity index (χ4v) is 4.00. The van der Waals surface area contributed by atoms with E-state index in [1.807, 2.05) is 41.3 Å². The van der Waals surface area contributed by atoms with E-state index in [-0.39, 0.29) is 17.6 Å². The topological polar surface area (TPSA) is 86.8 Å². The second-order valence-corrected chi connectivity index (χ2v) is 9.74. The van der Waals surface area contributed by atoms with Crippen LogP contribution in [-0.4, -0.2) is 74.8 Å². The maximum absolute atomic E-state index is 13.3. The van der Waals surface area contributed by atoms with Crippen molar-refractivity contribution in [3.8, 4) is 0 Å². The van der Waals surface area contributed by atoms with Crippen molar-refractivity contribution < 1.29 is 18.0 Å². The minimum absolute atomic E-state index is 0.112. The predicted octanol–water partition coefficient (Wildman–Crippen LogP) is 1.35. The van der Waals surface area contributed by atoms with Crippen molar-refractivity contribution in [1.82, 2.24) is 15.1 Å². The van der Waals surface area contributed by atoms with Gasteiger partial charge in [-0.15, -0.1) is 0 Å². The van der Waals surface area contributed by atoms with Gasteiger partial charge in [0, 0.05) is 44.5 Å². The average molecular weight is 430 g/mol. The fraction of sp³-hybridized carbons (Fsp3) is 0.364. The summed E-state index contributed by atoms with van der Waals surface area (Å²) < 4.78 is 22.8. The first-order valence-corrected chi connectivity index (χ1v) is 12.0. The Labute approximate surface area is 177 Å². The molecule has 0 saturated carbocycles. The Kier molecular flexibility index (Phi) is 7.23. The molecule has 3 rings (SSSR count). The Morgan fingerprint density at radius 3 is 2.07 bits per heavy atom. The maximum Gasteiger partial charge on any atom is 0.252 e. The number of piperazine rings is 1. The van der Waals surface area contributed by atoms with Crippen molar-refractivity contribution in [3.05, 3.63) is 71.8 Å². The quantitative estimate of drug-likeness (QED) is 0.718. The number of hydrogen-bond donors (Lipinski definition) is 1. The Balaban J connectivity index is 1.68. The van der Waals surface area contributed by atoms with Gasteiger partial charge in [-0.05, 0) is 17.7 Å². The van der Waals surface area contributed by atoms with E-state index in [0.29, 0.717) is 38.3 Å². The molecule has 8 heteroatoms. The summed E-state index contributed by atoms with van der Waals surface area (Å²) in [6.07, 6.45) is 1.23. The van der Waals surface area contributed by atoms with E-state index in [1.165, 1.54) is 6.26 Å². The van der Waals surface area contributed by atoms with Crippen molar-refractivity contribution in [3.63, 3.8) is 0 Å². The Morgan fingerprint density at radius 1 is 0.933 bits per heavy atom. The third-order valence-electron chi connectivity index (χ3n) is 5.15. The van der Waals surface area contributed by atoms with E-state index in [0.717, 1.165) is 5.56 Å². The molecule has 2 aromatic rings. The zero-order valence-electron chi connectivity index (χ0n) is 17.0. The predicted molar refractivity (Wildman–Crippen MR) is 116 cm³/mol. The molecule has 1 fully saturated rings. The van der Waals surface area contributed by atoms with Gasteiger partial charge in [0.1, 0.15) is 15.9 Å². The lowest BCUT2D eigenvalue weighted by Gasteiger charge is -2.36. The van der Waals surface area contributed by atoms with Crippen molar-refractivity contribution in [2.24, 2.45) is 0 Å². The van der Waals surface area contributed by atoms with Gasteiger partial charge in [0.15, 0.2) is 0 Å². The molecular weight excluding hydrogens is 402 g/mol. The number of nitrogens with zero attached hydrogens (tertiary/aromatic N) is 2. The summed E-state index contributed by atoms with van der Waals surface area (Å²) in [5.41, 5.74) is 1.23. The molecule has 160 valence electrons.